The van der Waals surface area contributed by atoms with E-state index in [0.717, 1.165) is 0 Å². The topological polar surface area (TPSA) is 27.7 Å². The molecule has 0 saturated carbocycles. The van der Waals surface area contributed by atoms with Gasteiger partial charge in [-0.05, 0) is 13.8 Å². The Bertz CT molecular complexity index is 111. The van der Waals surface area contributed by atoms with E-state index in [1.54, 1.807) is 21.3 Å². The highest BCUT2D eigenvalue weighted by Crippen LogP contribution is 2.28. The quantitative estimate of drug-likeness (QED) is 0.505. The number of hydrogen-bond donors (Lipinski definition) is 0. The number of alkyl halides is 1. The van der Waals surface area contributed by atoms with Crippen molar-refractivity contribution in [3.8, 4) is 0 Å². The Morgan fingerprint density at radius 2 is 1.27 bits per heavy atom. The summed E-state index contributed by atoms with van der Waals surface area (Å²) in [5, 5.41) is 0. The number of hydrogen-bond acceptors (Lipinski definition) is 3. The van der Waals surface area contributed by atoms with Gasteiger partial charge in [0.15, 0.2) is 0 Å². The lowest BCUT2D eigenvalue weighted by atomic mass is 10.5. The van der Waals surface area contributed by atoms with Crippen molar-refractivity contribution < 1.29 is 13.3 Å². The third-order valence-corrected chi connectivity index (χ3v) is 5.30. The Hall–Kier alpha value is 0.387. The second-order valence-corrected chi connectivity index (χ2v) is 7.49. The molecule has 0 aromatic carbocycles. The minimum Gasteiger partial charge on any atom is -0.376 e. The summed E-state index contributed by atoms with van der Waals surface area (Å²) in [5.74, 6) is 0. The van der Waals surface area contributed by atoms with E-state index in [1.165, 1.54) is 0 Å². The van der Waals surface area contributed by atoms with E-state index < -0.39 is 13.3 Å². The van der Waals surface area contributed by atoms with Crippen molar-refractivity contribution in [1.29, 1.82) is 0 Å². The maximum atomic E-state index is 6.04. The average Bonchev–Trinajstić information content (AvgIpc) is 1.90. The Balaban J connectivity index is 4.54. The molecule has 0 radical (unpaired) electrons. The maximum Gasteiger partial charge on any atom is 0.521 e. The highest BCUT2D eigenvalue weighted by atomic mass is 35.5. The smallest absolute Gasteiger partial charge is 0.376 e. The molecule has 0 fully saturated rings. The highest BCUT2D eigenvalue weighted by molar-refractivity contribution is 6.73. The summed E-state index contributed by atoms with van der Waals surface area (Å²) in [7, 11) is 1.98. The Morgan fingerprint density at radius 1 is 1.00 bits per heavy atom. The van der Waals surface area contributed by atoms with Gasteiger partial charge in [-0.15, -0.1) is 11.6 Å². The van der Waals surface area contributed by atoms with Crippen molar-refractivity contribution >= 4 is 20.4 Å². The first-order chi connectivity index (χ1) is 4.93. The molecule has 11 heavy (non-hydrogen) atoms. The van der Waals surface area contributed by atoms with Gasteiger partial charge in [0.1, 0.15) is 4.50 Å². The fourth-order valence-electron chi connectivity index (χ4n) is 0.978. The van der Waals surface area contributed by atoms with Crippen LogP contribution in [0, 0.1) is 0 Å². The van der Waals surface area contributed by atoms with Crippen LogP contribution in [0.3, 0.4) is 0 Å². The zero-order valence-electron chi connectivity index (χ0n) is 7.60. The number of halogens is 1. The van der Waals surface area contributed by atoms with Crippen molar-refractivity contribution in [2.24, 2.45) is 0 Å². The van der Waals surface area contributed by atoms with Crippen LogP contribution in [0.15, 0.2) is 0 Å². The summed E-state index contributed by atoms with van der Waals surface area (Å²) < 4.78 is 14.9. The molecule has 0 aromatic heterocycles. The summed E-state index contributed by atoms with van der Waals surface area (Å²) >= 11 is 6.04. The summed E-state index contributed by atoms with van der Waals surface area (Å²) in [6.45, 7) is 3.63. The van der Waals surface area contributed by atoms with E-state index in [2.05, 4.69) is 0 Å². The van der Waals surface area contributed by atoms with Crippen molar-refractivity contribution in [2.45, 2.75) is 18.3 Å². The lowest BCUT2D eigenvalue weighted by molar-refractivity contribution is 0.111. The first-order valence-electron chi connectivity index (χ1n) is 3.28. The molecule has 0 bridgehead atoms. The molecule has 0 aliphatic heterocycles. The van der Waals surface area contributed by atoms with E-state index in [1.807, 2.05) is 13.8 Å². The second kappa shape index (κ2) is 3.87. The zero-order valence-corrected chi connectivity index (χ0v) is 9.36. The van der Waals surface area contributed by atoms with Crippen LogP contribution >= 0.6 is 11.6 Å². The third kappa shape index (κ3) is 2.16. The molecule has 0 atom stereocenters. The van der Waals surface area contributed by atoms with Gasteiger partial charge in [0.2, 0.25) is 0 Å². The van der Waals surface area contributed by atoms with Gasteiger partial charge in [0.25, 0.3) is 0 Å². The van der Waals surface area contributed by atoms with E-state index in [9.17, 15) is 0 Å². The van der Waals surface area contributed by atoms with E-state index in [4.69, 9.17) is 24.9 Å². The third-order valence-electron chi connectivity index (χ3n) is 1.53. The summed E-state index contributed by atoms with van der Waals surface area (Å²) in [4.78, 5) is 0. The molecule has 0 aliphatic carbocycles. The summed E-state index contributed by atoms with van der Waals surface area (Å²) in [6, 6.07) is 0. The molecule has 0 aromatic rings. The molecular weight excluding hydrogens is 184 g/mol. The molecule has 0 amide bonds. The maximum absolute atomic E-state index is 6.04. The monoisotopic (exact) mass is 198 g/mol. The lowest BCUT2D eigenvalue weighted by Gasteiger charge is -2.33. The van der Waals surface area contributed by atoms with Crippen molar-refractivity contribution in [3.63, 3.8) is 0 Å². The van der Waals surface area contributed by atoms with Gasteiger partial charge in [-0.25, -0.2) is 0 Å². The summed E-state index contributed by atoms with van der Waals surface area (Å²) in [6.07, 6.45) is 0. The van der Waals surface area contributed by atoms with E-state index in [-0.39, 0.29) is 0 Å². The molecule has 0 spiro atoms. The molecule has 0 N–H and O–H groups in total. The van der Waals surface area contributed by atoms with Gasteiger partial charge in [0, 0.05) is 21.3 Å². The average molecular weight is 199 g/mol. The normalized spacial score (nSPS) is 13.6. The van der Waals surface area contributed by atoms with E-state index in [0.29, 0.717) is 0 Å². The van der Waals surface area contributed by atoms with Gasteiger partial charge in [0.05, 0.1) is 0 Å². The number of rotatable bonds is 4. The highest BCUT2D eigenvalue weighted by Gasteiger charge is 2.53. The van der Waals surface area contributed by atoms with Gasteiger partial charge < -0.3 is 13.3 Å². The molecule has 0 rings (SSSR count). The van der Waals surface area contributed by atoms with Gasteiger partial charge in [-0.2, -0.15) is 0 Å². The predicted molar refractivity (Wildman–Crippen MR) is 46.7 cm³/mol. The predicted octanol–water partition coefficient (Wildman–Crippen LogP) is 1.42. The fraction of sp³-hybridized carbons (Fsp3) is 1.00. The lowest BCUT2D eigenvalue weighted by Crippen LogP contribution is -2.57. The van der Waals surface area contributed by atoms with Crippen LogP contribution in [0.4, 0.5) is 0 Å². The van der Waals surface area contributed by atoms with Gasteiger partial charge >= 0.3 is 8.80 Å². The van der Waals surface area contributed by atoms with Crippen LogP contribution in [-0.4, -0.2) is 34.6 Å². The Kier molecular flexibility index (Phi) is 4.00. The largest absolute Gasteiger partial charge is 0.521 e. The summed E-state index contributed by atoms with van der Waals surface area (Å²) in [5.41, 5.74) is 0. The van der Waals surface area contributed by atoms with E-state index >= 15 is 0 Å². The first-order valence-corrected chi connectivity index (χ1v) is 5.38. The van der Waals surface area contributed by atoms with Crippen LogP contribution in [-0.2, 0) is 13.3 Å². The van der Waals surface area contributed by atoms with Crippen molar-refractivity contribution in [3.05, 3.63) is 0 Å². The van der Waals surface area contributed by atoms with Crippen LogP contribution in [0.5, 0.6) is 0 Å². The minimum absolute atomic E-state index is 0.592. The van der Waals surface area contributed by atoms with Crippen LogP contribution in [0.2, 0.25) is 0 Å². The van der Waals surface area contributed by atoms with Crippen molar-refractivity contribution in [2.75, 3.05) is 21.3 Å². The first kappa shape index (κ1) is 11.4. The van der Waals surface area contributed by atoms with Crippen LogP contribution < -0.4 is 0 Å². The second-order valence-electron chi connectivity index (χ2n) is 2.64. The van der Waals surface area contributed by atoms with Crippen molar-refractivity contribution in [1.82, 2.24) is 0 Å². The molecule has 5 heteroatoms. The zero-order chi connectivity index (χ0) is 9.12. The Morgan fingerprint density at radius 3 is 1.27 bits per heavy atom. The molecular formula is C6H15ClO3Si. The molecule has 0 aliphatic rings. The molecule has 68 valence electrons. The Labute approximate surface area is 74.0 Å². The molecule has 0 saturated heterocycles. The standard InChI is InChI=1S/C6H15ClO3Si/c1-6(2,7)11(8-3,9-4)10-5/h1-5H3. The SMILES string of the molecule is CO[Si](OC)(OC)C(C)(C)Cl. The molecule has 0 unspecified atom stereocenters. The van der Waals surface area contributed by atoms with Gasteiger partial charge in [-0.3, -0.25) is 0 Å². The molecule has 3 nitrogen and oxygen atoms in total. The fourth-order valence-corrected chi connectivity index (χ4v) is 3.63. The minimum atomic E-state index is -2.65. The van der Waals surface area contributed by atoms with Crippen LogP contribution in [0.25, 0.3) is 0 Å². The van der Waals surface area contributed by atoms with Gasteiger partial charge in [-0.1, -0.05) is 0 Å². The van der Waals surface area contributed by atoms with Crippen LogP contribution in [0.1, 0.15) is 13.8 Å². The molecule has 0 heterocycles.